The minimum Gasteiger partial charge on any atom is -0.306 e. The number of hydrogen-bond donors (Lipinski definition) is 1. The average molecular weight is 512 g/mol. The molecule has 7 nitrogen and oxygen atoms in total. The Morgan fingerprint density at radius 2 is 1.94 bits per heavy atom. The van der Waals surface area contributed by atoms with Gasteiger partial charge in [-0.15, -0.1) is 0 Å². The van der Waals surface area contributed by atoms with Crippen molar-refractivity contribution in [3.05, 3.63) is 41.6 Å². The molecule has 1 fully saturated rings. The normalized spacial score (nSPS) is 19.4. The molecule has 1 N–H and O–H groups in total. The lowest BCUT2D eigenvalue weighted by molar-refractivity contribution is -0.222. The Bertz CT molecular complexity index is 1260. The van der Waals surface area contributed by atoms with Gasteiger partial charge in [-0.2, -0.15) is 36.6 Å². The number of benzene rings is 1. The van der Waals surface area contributed by atoms with E-state index in [1.54, 1.807) is 6.07 Å². The molecule has 0 bridgehead atoms. The molecule has 1 aromatic heterocycles. The summed E-state index contributed by atoms with van der Waals surface area (Å²) in [6, 6.07) is 7.14. The minimum atomic E-state index is -5.31. The Hall–Kier alpha value is -3.50. The van der Waals surface area contributed by atoms with Crippen molar-refractivity contribution in [3.8, 4) is 17.3 Å². The van der Waals surface area contributed by atoms with Crippen molar-refractivity contribution in [2.75, 3.05) is 19.6 Å². The fourth-order valence-corrected chi connectivity index (χ4v) is 3.93. The van der Waals surface area contributed by atoms with E-state index in [1.807, 2.05) is 0 Å². The number of pyridine rings is 1. The van der Waals surface area contributed by atoms with Gasteiger partial charge in [0.2, 0.25) is 5.69 Å². The molecule has 1 saturated carbocycles. The standard InChI is InChI=1S/C23H20F6N5O2/c1-2-34(36-21(35)23(27,28)29)18-9-16(14-4-3-5-15(8-14)22(24,25)26)32-17(10-30)20(18)33-19(34)12-31-11-13-6-7-13/h3-5,8-9,13,31H,2,6-7,11-12H2,1H3/q+1. The molecular formula is C23H20F6N5O2+. The largest absolute Gasteiger partial charge is 0.497 e. The van der Waals surface area contributed by atoms with Gasteiger partial charge in [-0.05, 0) is 44.4 Å². The van der Waals surface area contributed by atoms with E-state index in [-0.39, 0.29) is 47.3 Å². The van der Waals surface area contributed by atoms with Gasteiger partial charge in [0.05, 0.1) is 17.8 Å². The van der Waals surface area contributed by atoms with Crippen LogP contribution in [0, 0.1) is 17.2 Å². The SMILES string of the molecule is CC[N+]1(OC(=O)C(F)(F)F)C(CNCC2CC2)=Nc2c1cc(-c1cccc(C(F)(F)F)c1)nc2C#N. The number of fused-ring (bicyclic) bond motifs is 1. The van der Waals surface area contributed by atoms with Gasteiger partial charge in [-0.3, -0.25) is 4.84 Å². The summed E-state index contributed by atoms with van der Waals surface area (Å²) in [5, 5.41) is 12.8. The van der Waals surface area contributed by atoms with Crippen molar-refractivity contribution >= 4 is 23.2 Å². The number of carbonyl (C=O) groups excluding carboxylic acids is 1. The second-order valence-electron chi connectivity index (χ2n) is 8.45. The predicted molar refractivity (Wildman–Crippen MR) is 117 cm³/mol. The van der Waals surface area contributed by atoms with Crippen LogP contribution in [-0.2, 0) is 15.8 Å². The van der Waals surface area contributed by atoms with Gasteiger partial charge in [-0.1, -0.05) is 16.8 Å². The molecule has 1 aliphatic carbocycles. The quantitative estimate of drug-likeness (QED) is 0.416. The molecule has 2 heterocycles. The number of amidine groups is 1. The predicted octanol–water partition coefficient (Wildman–Crippen LogP) is 5.03. The van der Waals surface area contributed by atoms with Gasteiger partial charge >= 0.3 is 18.3 Å². The van der Waals surface area contributed by atoms with Crippen LogP contribution >= 0.6 is 0 Å². The molecule has 0 saturated heterocycles. The first kappa shape index (κ1) is 25.6. The van der Waals surface area contributed by atoms with Crippen LogP contribution in [0.2, 0.25) is 0 Å². The number of aromatic nitrogens is 1. The van der Waals surface area contributed by atoms with E-state index in [0.717, 1.165) is 31.0 Å². The summed E-state index contributed by atoms with van der Waals surface area (Å²) in [5.74, 6) is -2.05. The fraction of sp³-hybridized carbons (Fsp3) is 0.391. The van der Waals surface area contributed by atoms with Crippen LogP contribution in [0.25, 0.3) is 11.3 Å². The molecule has 1 aliphatic heterocycles. The molecular weight excluding hydrogens is 492 g/mol. The number of halogens is 6. The van der Waals surface area contributed by atoms with Crippen molar-refractivity contribution in [1.82, 2.24) is 14.9 Å². The maximum absolute atomic E-state index is 13.2. The third kappa shape index (κ3) is 4.91. The summed E-state index contributed by atoms with van der Waals surface area (Å²) in [7, 11) is 0. The number of hydrogen-bond acceptors (Lipinski definition) is 6. The number of alkyl halides is 6. The summed E-state index contributed by atoms with van der Waals surface area (Å²) < 4.78 is 78.3. The zero-order chi connectivity index (χ0) is 26.3. The highest BCUT2D eigenvalue weighted by Gasteiger charge is 2.54. The highest BCUT2D eigenvalue weighted by Crippen LogP contribution is 2.45. The molecule has 13 heteroatoms. The molecule has 1 aromatic carbocycles. The third-order valence-corrected chi connectivity index (χ3v) is 5.94. The molecule has 190 valence electrons. The number of rotatable bonds is 7. The summed E-state index contributed by atoms with van der Waals surface area (Å²) in [5.41, 5.74) is -1.64. The van der Waals surface area contributed by atoms with Gasteiger partial charge < -0.3 is 5.32 Å². The van der Waals surface area contributed by atoms with E-state index in [9.17, 15) is 36.4 Å². The topological polar surface area (TPSA) is 87.4 Å². The van der Waals surface area contributed by atoms with Crippen LogP contribution < -0.4 is 9.96 Å². The Morgan fingerprint density at radius 1 is 1.22 bits per heavy atom. The highest BCUT2D eigenvalue weighted by molar-refractivity contribution is 6.05. The number of nitriles is 1. The number of quaternary nitrogens is 1. The van der Waals surface area contributed by atoms with Gasteiger partial charge in [0.1, 0.15) is 12.6 Å². The first-order valence-corrected chi connectivity index (χ1v) is 11.0. The second-order valence-corrected chi connectivity index (χ2v) is 8.45. The minimum absolute atomic E-state index is 0.00903. The van der Waals surface area contributed by atoms with Crippen molar-refractivity contribution in [2.45, 2.75) is 32.1 Å². The zero-order valence-corrected chi connectivity index (χ0v) is 18.9. The van der Waals surface area contributed by atoms with E-state index >= 15 is 0 Å². The maximum Gasteiger partial charge on any atom is 0.497 e. The molecule has 1 atom stereocenters. The summed E-state index contributed by atoms with van der Waals surface area (Å²) >= 11 is 0. The molecule has 2 aromatic rings. The van der Waals surface area contributed by atoms with Crippen LogP contribution in [0.5, 0.6) is 0 Å². The first-order valence-electron chi connectivity index (χ1n) is 11.0. The Morgan fingerprint density at radius 3 is 2.53 bits per heavy atom. The van der Waals surface area contributed by atoms with E-state index in [4.69, 9.17) is 4.84 Å². The molecule has 0 radical (unpaired) electrons. The number of nitrogens with one attached hydrogen (secondary N) is 1. The Labute approximate surface area is 201 Å². The summed E-state index contributed by atoms with van der Waals surface area (Å²) in [6.07, 6.45) is -7.94. The number of likely N-dealkylation sites (N-methyl/N-ethyl adjacent to an activating group) is 1. The van der Waals surface area contributed by atoms with Gasteiger partial charge in [-0.25, -0.2) is 9.78 Å². The van der Waals surface area contributed by atoms with Crippen molar-refractivity contribution in [2.24, 2.45) is 10.9 Å². The fourth-order valence-electron chi connectivity index (χ4n) is 3.93. The summed E-state index contributed by atoms with van der Waals surface area (Å²) in [6.45, 7) is 1.76. The molecule has 0 spiro atoms. The van der Waals surface area contributed by atoms with Crippen molar-refractivity contribution in [3.63, 3.8) is 0 Å². The van der Waals surface area contributed by atoms with Crippen LogP contribution in [0.1, 0.15) is 31.0 Å². The monoisotopic (exact) mass is 512 g/mol. The maximum atomic E-state index is 13.2. The van der Waals surface area contributed by atoms with E-state index in [1.165, 1.54) is 19.1 Å². The summed E-state index contributed by atoms with van der Waals surface area (Å²) in [4.78, 5) is 25.3. The van der Waals surface area contributed by atoms with Crippen LogP contribution in [0.15, 0.2) is 35.3 Å². The van der Waals surface area contributed by atoms with Crippen LogP contribution in [0.4, 0.5) is 37.7 Å². The van der Waals surface area contributed by atoms with E-state index in [0.29, 0.717) is 12.5 Å². The molecule has 1 unspecified atom stereocenters. The average Bonchev–Trinajstić information content (AvgIpc) is 3.60. The Balaban J connectivity index is 1.83. The molecule has 2 aliphatic rings. The van der Waals surface area contributed by atoms with Gasteiger partial charge in [0.25, 0.3) is 5.84 Å². The number of nitrogens with zero attached hydrogens (tertiary/aromatic N) is 4. The van der Waals surface area contributed by atoms with E-state index in [2.05, 4.69) is 15.3 Å². The van der Waals surface area contributed by atoms with E-state index < -0.39 is 28.5 Å². The lowest BCUT2D eigenvalue weighted by atomic mass is 10.1. The zero-order valence-electron chi connectivity index (χ0n) is 18.9. The number of carbonyl (C=O) groups is 1. The lowest BCUT2D eigenvalue weighted by Crippen LogP contribution is -2.58. The van der Waals surface area contributed by atoms with Gasteiger partial charge in [0.15, 0.2) is 11.4 Å². The lowest BCUT2D eigenvalue weighted by Gasteiger charge is -2.30. The molecule has 36 heavy (non-hydrogen) atoms. The molecule has 4 rings (SSSR count). The second kappa shape index (κ2) is 9.18. The molecule has 0 amide bonds. The van der Waals surface area contributed by atoms with Crippen molar-refractivity contribution in [1.29, 1.82) is 5.26 Å². The smallest absolute Gasteiger partial charge is 0.306 e. The van der Waals surface area contributed by atoms with Crippen LogP contribution in [-0.4, -0.2) is 42.6 Å². The number of aliphatic imine (C=N–C) groups is 1. The highest BCUT2D eigenvalue weighted by atomic mass is 19.4. The van der Waals surface area contributed by atoms with Crippen molar-refractivity contribution < 1.29 is 36.0 Å². The number of hydroxylamine groups is 2. The van der Waals surface area contributed by atoms with Crippen LogP contribution in [0.3, 0.4) is 0 Å². The van der Waals surface area contributed by atoms with Gasteiger partial charge in [0, 0.05) is 11.6 Å². The Kier molecular flexibility index (Phi) is 6.52. The third-order valence-electron chi connectivity index (χ3n) is 5.94. The first-order chi connectivity index (χ1) is 16.9.